The molecule has 0 radical (unpaired) electrons. The molecule has 0 N–H and O–H groups in total. The van der Waals surface area contributed by atoms with Gasteiger partial charge in [-0.05, 0) is 196 Å². The number of allylic oxidation sites excluding steroid dienone is 2. The van der Waals surface area contributed by atoms with E-state index in [0.29, 0.717) is 101 Å². The number of benzene rings is 6. The number of rotatable bonds is 16. The first-order valence-corrected chi connectivity index (χ1v) is 38.0. The molecule has 4 saturated carbocycles. The molecule has 0 unspecified atom stereocenters. The molecular weight excluding hydrogens is 1470 g/mol. The summed E-state index contributed by atoms with van der Waals surface area (Å²) in [5.41, 5.74) is 9.35. The summed E-state index contributed by atoms with van der Waals surface area (Å²) < 4.78 is 25.5. The van der Waals surface area contributed by atoms with Gasteiger partial charge in [0, 0.05) is 52.6 Å². The molecule has 0 amide bonds. The number of hydrogen-bond acceptors (Lipinski definition) is 12. The zero-order valence-corrected chi connectivity index (χ0v) is 64.7. The molecular formula is C86H68Cl2N12O4S2Zn. The second-order valence-corrected chi connectivity index (χ2v) is 29.7. The van der Waals surface area contributed by atoms with Crippen LogP contribution in [0, 0.1) is 83.4 Å². The molecule has 4 heterocycles. The van der Waals surface area contributed by atoms with E-state index in [1.807, 2.05) is 48.5 Å². The number of halogens is 2. The van der Waals surface area contributed by atoms with Gasteiger partial charge >= 0.3 is 19.5 Å². The molecule has 524 valence electrons. The normalized spacial score (nSPS) is 17.1. The van der Waals surface area contributed by atoms with Crippen molar-refractivity contribution in [3.05, 3.63) is 269 Å². The molecule has 2 aromatic heterocycles. The molecule has 0 spiro atoms. The van der Waals surface area contributed by atoms with Gasteiger partial charge in [0.2, 0.25) is 23.2 Å². The smallest absolute Gasteiger partial charge is 0.637 e. The van der Waals surface area contributed by atoms with Gasteiger partial charge in [0.05, 0.1) is 60.9 Å². The van der Waals surface area contributed by atoms with Crippen molar-refractivity contribution in [2.75, 3.05) is 0 Å². The van der Waals surface area contributed by atoms with Crippen molar-refractivity contribution in [1.82, 2.24) is 9.97 Å². The average molecular weight is 1530 g/mol. The van der Waals surface area contributed by atoms with Gasteiger partial charge < -0.3 is 28.9 Å². The molecule has 4 aliphatic carbocycles. The zero-order valence-electron chi connectivity index (χ0n) is 58.6. The Morgan fingerprint density at radius 3 is 1.00 bits per heavy atom. The summed E-state index contributed by atoms with van der Waals surface area (Å²) in [7, 11) is 0. The van der Waals surface area contributed by atoms with Crippen molar-refractivity contribution in [2.45, 2.75) is 150 Å². The Morgan fingerprint density at radius 1 is 0.393 bits per heavy atom. The second-order valence-electron chi connectivity index (χ2n) is 26.6. The number of thioether (sulfide) groups is 2. The summed E-state index contributed by atoms with van der Waals surface area (Å²) in [4.78, 5) is 39.0. The average Bonchev–Trinajstić information content (AvgIpc) is 1.60. The van der Waals surface area contributed by atoms with Crippen LogP contribution in [0.5, 0.6) is 34.8 Å². The molecule has 6 aromatic carbocycles. The Bertz CT molecular complexity index is 4870. The molecule has 107 heavy (non-hydrogen) atoms. The Hall–Kier alpha value is -10.8. The number of ether oxygens (including phenoxy) is 4. The maximum Gasteiger partial charge on any atom is 2.00 e. The van der Waals surface area contributed by atoms with Crippen molar-refractivity contribution >= 4 is 91.1 Å². The van der Waals surface area contributed by atoms with E-state index in [1.165, 1.54) is 23.5 Å². The maximum absolute atomic E-state index is 10.8. The third-order valence-corrected chi connectivity index (χ3v) is 22.6. The molecule has 0 saturated heterocycles. The minimum absolute atomic E-state index is 0. The van der Waals surface area contributed by atoms with Crippen molar-refractivity contribution in [3.8, 4) is 59.0 Å². The van der Waals surface area contributed by atoms with Gasteiger partial charge in [-0.1, -0.05) is 159 Å². The molecule has 21 heteroatoms. The van der Waals surface area contributed by atoms with Crippen LogP contribution in [0.3, 0.4) is 0 Å². The summed E-state index contributed by atoms with van der Waals surface area (Å²) in [5.74, 6) is 3.03. The largest absolute Gasteiger partial charge is 2.00 e. The van der Waals surface area contributed by atoms with E-state index in [4.69, 9.17) is 88.4 Å². The molecule has 0 bridgehead atoms. The van der Waals surface area contributed by atoms with Gasteiger partial charge in [-0.3, -0.25) is 0 Å². The van der Waals surface area contributed by atoms with Gasteiger partial charge in [0.25, 0.3) is 0 Å². The fourth-order valence-corrected chi connectivity index (χ4v) is 17.1. The first-order valence-electron chi connectivity index (χ1n) is 35.6. The predicted octanol–water partition coefficient (Wildman–Crippen LogP) is 24.9. The number of aromatic nitrogens is 2. The minimum Gasteiger partial charge on any atom is -0.637 e. The van der Waals surface area contributed by atoms with Crippen LogP contribution in [-0.4, -0.2) is 11.8 Å². The summed E-state index contributed by atoms with van der Waals surface area (Å²) in [6.07, 6.45) is 20.2. The summed E-state index contributed by atoms with van der Waals surface area (Å²) in [5, 5.41) is 41.5. The van der Waals surface area contributed by atoms with E-state index < -0.39 is 0 Å². The van der Waals surface area contributed by atoms with Crippen LogP contribution >= 0.6 is 46.7 Å². The Kier molecular flexibility index (Phi) is 25.5. The van der Waals surface area contributed by atoms with Crippen LogP contribution in [0.25, 0.3) is 29.2 Å². The number of hydrogen-bond donors (Lipinski definition) is 0. The molecule has 8 aromatic rings. The fourth-order valence-electron chi connectivity index (χ4n) is 14.8. The van der Waals surface area contributed by atoms with Gasteiger partial charge in [-0.25, -0.2) is 29.4 Å². The number of nitrogens with zero attached hydrogens (tertiary/aromatic N) is 12. The van der Waals surface area contributed by atoms with E-state index in [-0.39, 0.29) is 66.7 Å². The number of nitriles is 4. The van der Waals surface area contributed by atoms with Crippen LogP contribution in [-0.2, 0) is 19.5 Å². The van der Waals surface area contributed by atoms with Crippen molar-refractivity contribution in [2.24, 2.45) is 21.8 Å². The monoisotopic (exact) mass is 1530 g/mol. The van der Waals surface area contributed by atoms with E-state index in [9.17, 15) is 21.0 Å². The van der Waals surface area contributed by atoms with Crippen molar-refractivity contribution < 1.29 is 38.4 Å². The molecule has 14 rings (SSSR count). The minimum atomic E-state index is 0. The zero-order chi connectivity index (χ0) is 73.5. The summed E-state index contributed by atoms with van der Waals surface area (Å²) in [6.45, 7) is 31.6. The first kappa shape index (κ1) is 75.9. The molecule has 0 atom stereocenters. The summed E-state index contributed by atoms with van der Waals surface area (Å²) in [6, 6.07) is 51.5. The third-order valence-electron chi connectivity index (χ3n) is 19.9. The first-order chi connectivity index (χ1) is 52.0. The molecule has 2 aliphatic heterocycles. The van der Waals surface area contributed by atoms with Crippen LogP contribution in [0.4, 0.5) is 22.7 Å². The third kappa shape index (κ3) is 17.5. The van der Waals surface area contributed by atoms with Crippen molar-refractivity contribution in [1.29, 1.82) is 21.0 Å². The van der Waals surface area contributed by atoms with E-state index in [2.05, 4.69) is 43.7 Å². The Balaban J connectivity index is 0.000000198. The molecule has 6 aliphatic rings. The summed E-state index contributed by atoms with van der Waals surface area (Å²) >= 11 is 15.6. The van der Waals surface area contributed by atoms with Crippen LogP contribution < -0.4 is 28.9 Å². The standard InChI is InChI=1S/2C43H34ClN6O2S.Zn/c2*1-47-31-17-21-33(22-18-31)52-43-40(48-2)37(29-11-7-4-8-12-29)39(50-43)41(53-34-23-15-30(44)16-24-34)38-36(28-9-5-3-6-10-28)35(26-46)42(49-38)51-32-19-13-27(25-45)14-20-32;/h2*13-24,28-29H,3-12H2;/q2*-1;+2/b2*41-38+;. The van der Waals surface area contributed by atoms with Gasteiger partial charge in [-0.15, -0.1) is 11.4 Å². The Morgan fingerprint density at radius 2 is 0.701 bits per heavy atom. The van der Waals surface area contributed by atoms with Crippen molar-refractivity contribution in [3.63, 3.8) is 0 Å². The Labute approximate surface area is 655 Å². The van der Waals surface area contributed by atoms with Crippen LogP contribution in [0.15, 0.2) is 199 Å². The topological polar surface area (TPSA) is 202 Å². The quantitative estimate of drug-likeness (QED) is 0.0504. The van der Waals surface area contributed by atoms with Gasteiger partial charge in [0.1, 0.15) is 46.3 Å². The SMILES string of the molecule is [C-]#[N+]c1ccc(Oc2[n-]c(/C(Sc3ccc(Cl)cc3)=C3\N=C(Oc4ccc(C#N)cc4)C(C#N)=C3C3CCCCC3)c(C3CCCCC3)c2[N+]#[C-])cc1.[C-]#[N+]c1ccc(Oc2[n-]c(/C(Sc3ccc(Cl)cc3)=C3\N=C(Oc4ccc(C#N)cc4)C(C#N)=C3C3CCCCC3)c(C3CCCCC3)c2[N+]#[C-])cc1.[Zn+2]. The number of aliphatic imine (C=N–C) groups is 2. The van der Waals surface area contributed by atoms with Gasteiger partial charge in [0.15, 0.2) is 11.4 Å². The van der Waals surface area contributed by atoms with Crippen LogP contribution in [0.2, 0.25) is 10.0 Å². The molecule has 4 fully saturated rings. The van der Waals surface area contributed by atoms with E-state index >= 15 is 0 Å². The van der Waals surface area contributed by atoms with E-state index in [0.717, 1.165) is 170 Å². The fraction of sp³-hybridized carbons (Fsp3) is 0.279. The van der Waals surface area contributed by atoms with Gasteiger partial charge in [-0.2, -0.15) is 21.0 Å². The van der Waals surface area contributed by atoms with E-state index in [1.54, 1.807) is 97.1 Å². The van der Waals surface area contributed by atoms with Crippen LogP contribution in [0.1, 0.15) is 174 Å². The second kappa shape index (κ2) is 36.0. The predicted molar refractivity (Wildman–Crippen MR) is 415 cm³/mol. The maximum atomic E-state index is 10.8. The molecule has 16 nitrogen and oxygen atoms in total.